The zero-order chi connectivity index (χ0) is 10.5. The van der Waals surface area contributed by atoms with E-state index in [4.69, 9.17) is 0 Å². The number of nitrogens with one attached hydrogen (secondary N) is 1. The fourth-order valence-electron chi connectivity index (χ4n) is 2.44. The van der Waals surface area contributed by atoms with Crippen LogP contribution in [0.5, 0.6) is 0 Å². The summed E-state index contributed by atoms with van der Waals surface area (Å²) in [7, 11) is 0. The maximum absolute atomic E-state index is 3.72. The van der Waals surface area contributed by atoms with Crippen LogP contribution in [0.3, 0.4) is 0 Å². The molecule has 2 unspecified atom stereocenters. The normalized spacial score (nSPS) is 27.5. The van der Waals surface area contributed by atoms with Crippen LogP contribution < -0.4 is 5.32 Å². The fraction of sp³-hybridized carbons (Fsp3) is 0.692. The lowest BCUT2D eigenvalue weighted by molar-refractivity contribution is 0.357. The van der Waals surface area contributed by atoms with Gasteiger partial charge in [0.1, 0.15) is 0 Å². The van der Waals surface area contributed by atoms with Gasteiger partial charge in [-0.25, -0.2) is 0 Å². The number of rotatable bonds is 3. The molecule has 0 saturated heterocycles. The van der Waals surface area contributed by atoms with Crippen LogP contribution in [-0.4, -0.2) is 6.04 Å². The molecule has 2 atom stereocenters. The highest BCUT2D eigenvalue weighted by molar-refractivity contribution is 7.09. The SMILES string of the molecule is CC1CCCCCC1NCc1cccs1. The Hall–Kier alpha value is -0.340. The first-order valence-electron chi connectivity index (χ1n) is 6.12. The molecule has 1 heterocycles. The molecule has 0 aromatic carbocycles. The van der Waals surface area contributed by atoms with Crippen LogP contribution in [0.15, 0.2) is 17.5 Å². The minimum Gasteiger partial charge on any atom is -0.309 e. The molecule has 0 spiro atoms. The molecule has 2 heteroatoms. The van der Waals surface area contributed by atoms with Crippen LogP contribution in [0.2, 0.25) is 0 Å². The summed E-state index contributed by atoms with van der Waals surface area (Å²) in [6, 6.07) is 5.10. The third kappa shape index (κ3) is 3.32. The molecule has 0 bridgehead atoms. The zero-order valence-electron chi connectivity index (χ0n) is 9.54. The molecule has 0 aliphatic heterocycles. The quantitative estimate of drug-likeness (QED) is 0.768. The van der Waals surface area contributed by atoms with Crippen molar-refractivity contribution in [1.29, 1.82) is 0 Å². The fourth-order valence-corrected chi connectivity index (χ4v) is 3.10. The molecule has 1 aliphatic rings. The van der Waals surface area contributed by atoms with Crippen LogP contribution in [0.1, 0.15) is 43.9 Å². The molecule has 1 nitrogen and oxygen atoms in total. The Morgan fingerprint density at radius 2 is 2.20 bits per heavy atom. The van der Waals surface area contributed by atoms with E-state index in [1.165, 1.54) is 37.0 Å². The predicted molar refractivity (Wildman–Crippen MR) is 67.2 cm³/mol. The van der Waals surface area contributed by atoms with E-state index < -0.39 is 0 Å². The van der Waals surface area contributed by atoms with Gasteiger partial charge in [0.25, 0.3) is 0 Å². The molecule has 1 aromatic heterocycles. The van der Waals surface area contributed by atoms with E-state index in [9.17, 15) is 0 Å². The molecule has 1 saturated carbocycles. The first-order valence-corrected chi connectivity index (χ1v) is 7.00. The summed E-state index contributed by atoms with van der Waals surface area (Å²) < 4.78 is 0. The van der Waals surface area contributed by atoms with Gasteiger partial charge in [-0.3, -0.25) is 0 Å². The monoisotopic (exact) mass is 223 g/mol. The minimum absolute atomic E-state index is 0.745. The molecule has 1 N–H and O–H groups in total. The van der Waals surface area contributed by atoms with E-state index in [1.54, 1.807) is 0 Å². The van der Waals surface area contributed by atoms with Gasteiger partial charge in [0.15, 0.2) is 0 Å². The van der Waals surface area contributed by atoms with Gasteiger partial charge in [-0.05, 0) is 30.2 Å². The van der Waals surface area contributed by atoms with Crippen molar-refractivity contribution in [3.05, 3.63) is 22.4 Å². The lowest BCUT2D eigenvalue weighted by atomic mass is 9.97. The largest absolute Gasteiger partial charge is 0.309 e. The summed E-state index contributed by atoms with van der Waals surface area (Å²) in [5, 5.41) is 5.88. The van der Waals surface area contributed by atoms with Crippen molar-refractivity contribution in [3.63, 3.8) is 0 Å². The Morgan fingerprint density at radius 1 is 1.33 bits per heavy atom. The third-order valence-corrected chi connectivity index (χ3v) is 4.36. The van der Waals surface area contributed by atoms with E-state index >= 15 is 0 Å². The van der Waals surface area contributed by atoms with Gasteiger partial charge in [0.05, 0.1) is 0 Å². The highest BCUT2D eigenvalue weighted by Crippen LogP contribution is 2.23. The van der Waals surface area contributed by atoms with Crippen LogP contribution in [0, 0.1) is 5.92 Å². The Bertz CT molecular complexity index is 268. The second kappa shape index (κ2) is 5.66. The van der Waals surface area contributed by atoms with Gasteiger partial charge in [-0.1, -0.05) is 32.3 Å². The van der Waals surface area contributed by atoms with E-state index in [1.807, 2.05) is 11.3 Å². The average molecular weight is 223 g/mol. The van der Waals surface area contributed by atoms with Crippen LogP contribution in [0.4, 0.5) is 0 Å². The summed E-state index contributed by atoms with van der Waals surface area (Å²) in [5.41, 5.74) is 0. The Labute approximate surface area is 96.9 Å². The predicted octanol–water partition coefficient (Wildman–Crippen LogP) is 3.81. The van der Waals surface area contributed by atoms with Gasteiger partial charge in [0, 0.05) is 17.5 Å². The average Bonchev–Trinajstić information content (AvgIpc) is 2.67. The summed E-state index contributed by atoms with van der Waals surface area (Å²) in [6.07, 6.45) is 7.04. The molecule has 0 amide bonds. The van der Waals surface area contributed by atoms with Crippen molar-refractivity contribution >= 4 is 11.3 Å². The van der Waals surface area contributed by atoms with Gasteiger partial charge >= 0.3 is 0 Å². The van der Waals surface area contributed by atoms with Gasteiger partial charge in [0.2, 0.25) is 0 Å². The van der Waals surface area contributed by atoms with E-state index in [-0.39, 0.29) is 0 Å². The van der Waals surface area contributed by atoms with E-state index in [0.29, 0.717) is 0 Å². The molecule has 15 heavy (non-hydrogen) atoms. The smallest absolute Gasteiger partial charge is 0.0302 e. The second-order valence-electron chi connectivity index (χ2n) is 4.68. The molecule has 2 rings (SSSR count). The number of thiophene rings is 1. The van der Waals surface area contributed by atoms with Crippen LogP contribution >= 0.6 is 11.3 Å². The Balaban J connectivity index is 1.81. The van der Waals surface area contributed by atoms with Crippen molar-refractivity contribution in [2.75, 3.05) is 0 Å². The zero-order valence-corrected chi connectivity index (χ0v) is 10.4. The molecule has 84 valence electrons. The topological polar surface area (TPSA) is 12.0 Å². The summed E-state index contributed by atoms with van der Waals surface area (Å²) >= 11 is 1.86. The minimum atomic E-state index is 0.745. The molecular weight excluding hydrogens is 202 g/mol. The number of hydrogen-bond acceptors (Lipinski definition) is 2. The van der Waals surface area contributed by atoms with Crippen molar-refractivity contribution in [1.82, 2.24) is 5.32 Å². The van der Waals surface area contributed by atoms with Crippen molar-refractivity contribution in [3.8, 4) is 0 Å². The second-order valence-corrected chi connectivity index (χ2v) is 5.71. The standard InChI is InChI=1S/C13H21NS/c1-11-6-3-2-4-8-13(11)14-10-12-7-5-9-15-12/h5,7,9,11,13-14H,2-4,6,8,10H2,1H3. The van der Waals surface area contributed by atoms with Gasteiger partial charge in [-0.2, -0.15) is 0 Å². The molecule has 1 aromatic rings. The summed E-state index contributed by atoms with van der Waals surface area (Å²) in [5.74, 6) is 0.854. The highest BCUT2D eigenvalue weighted by Gasteiger charge is 2.18. The molecule has 1 fully saturated rings. The molecular formula is C13H21NS. The highest BCUT2D eigenvalue weighted by atomic mass is 32.1. The first kappa shape index (κ1) is 11.2. The lowest BCUT2D eigenvalue weighted by Crippen LogP contribution is -2.33. The Kier molecular flexibility index (Phi) is 4.21. The molecule has 1 aliphatic carbocycles. The van der Waals surface area contributed by atoms with Gasteiger partial charge < -0.3 is 5.32 Å². The van der Waals surface area contributed by atoms with Gasteiger partial charge in [-0.15, -0.1) is 11.3 Å². The number of hydrogen-bond donors (Lipinski definition) is 1. The first-order chi connectivity index (χ1) is 7.36. The third-order valence-electron chi connectivity index (χ3n) is 3.48. The maximum Gasteiger partial charge on any atom is 0.0302 e. The van der Waals surface area contributed by atoms with Crippen molar-refractivity contribution in [2.45, 2.75) is 51.6 Å². The van der Waals surface area contributed by atoms with E-state index in [2.05, 4.69) is 29.8 Å². The summed E-state index contributed by atoms with van der Waals surface area (Å²) in [6.45, 7) is 3.46. The van der Waals surface area contributed by atoms with Crippen LogP contribution in [-0.2, 0) is 6.54 Å². The Morgan fingerprint density at radius 3 is 3.00 bits per heavy atom. The lowest BCUT2D eigenvalue weighted by Gasteiger charge is -2.22. The van der Waals surface area contributed by atoms with Crippen LogP contribution in [0.25, 0.3) is 0 Å². The summed E-state index contributed by atoms with van der Waals surface area (Å²) in [4.78, 5) is 1.46. The van der Waals surface area contributed by atoms with E-state index in [0.717, 1.165) is 18.5 Å². The molecule has 0 radical (unpaired) electrons. The van der Waals surface area contributed by atoms with Crippen molar-refractivity contribution < 1.29 is 0 Å². The van der Waals surface area contributed by atoms with Crippen molar-refractivity contribution in [2.24, 2.45) is 5.92 Å². The maximum atomic E-state index is 3.72.